The quantitative estimate of drug-likeness (QED) is 0.612. The summed E-state index contributed by atoms with van der Waals surface area (Å²) in [6.07, 6.45) is 2.32. The van der Waals surface area contributed by atoms with Gasteiger partial charge in [0.2, 0.25) is 0 Å². The molecule has 86 valence electrons. The molecule has 0 saturated carbocycles. The Morgan fingerprint density at radius 2 is 1.88 bits per heavy atom. The van der Waals surface area contributed by atoms with Gasteiger partial charge in [0.1, 0.15) is 0 Å². The van der Waals surface area contributed by atoms with Crippen LogP contribution in [0.25, 0.3) is 10.9 Å². The van der Waals surface area contributed by atoms with Crippen LogP contribution in [0, 0.1) is 0 Å². The molecule has 2 heterocycles. The molecule has 1 aromatic heterocycles. The number of hydrogen-bond donors (Lipinski definition) is 1. The van der Waals surface area contributed by atoms with Crippen LogP contribution in [0.5, 0.6) is 0 Å². The van der Waals surface area contributed by atoms with E-state index in [1.165, 1.54) is 16.6 Å². The highest BCUT2D eigenvalue weighted by Gasteiger charge is 2.15. The van der Waals surface area contributed by atoms with Gasteiger partial charge < -0.3 is 22.3 Å². The van der Waals surface area contributed by atoms with Gasteiger partial charge in [-0.15, -0.1) is 0 Å². The van der Waals surface area contributed by atoms with Gasteiger partial charge in [0.05, 0.1) is 0 Å². The van der Waals surface area contributed by atoms with Crippen molar-refractivity contribution in [2.45, 2.75) is 12.8 Å². The van der Waals surface area contributed by atoms with E-state index in [2.05, 4.69) is 41.2 Å². The zero-order valence-electron chi connectivity index (χ0n) is 9.46. The maximum atomic E-state index is 3.46. The highest BCUT2D eigenvalue weighted by molar-refractivity contribution is 5.85. The van der Waals surface area contributed by atoms with Crippen LogP contribution in [0.15, 0.2) is 24.3 Å². The molecule has 0 radical (unpaired) electrons. The van der Waals surface area contributed by atoms with Crippen molar-refractivity contribution in [1.29, 1.82) is 0 Å². The number of aryl methyl sites for hydroxylation is 1. The van der Waals surface area contributed by atoms with Crippen LogP contribution in [0.2, 0.25) is 0 Å². The van der Waals surface area contributed by atoms with Crippen LogP contribution in [0.3, 0.4) is 0 Å². The van der Waals surface area contributed by atoms with Gasteiger partial charge in [-0.2, -0.15) is 0 Å². The van der Waals surface area contributed by atoms with Crippen molar-refractivity contribution in [2.24, 2.45) is 7.05 Å². The molecule has 1 aliphatic rings. The Balaban J connectivity index is 0.000000963. The highest BCUT2D eigenvalue weighted by Crippen LogP contribution is 2.26. The number of halogens is 1. The first kappa shape index (κ1) is 11.5. The lowest BCUT2D eigenvalue weighted by atomic mass is 10.1. The van der Waals surface area contributed by atoms with Gasteiger partial charge in [0.15, 0.2) is 0 Å². The SMILES string of the molecule is Cn1c2c(c3ccccc31)CCNCC2.[Cl-]. The van der Waals surface area contributed by atoms with Gasteiger partial charge in [-0.3, -0.25) is 0 Å². The Labute approximate surface area is 102 Å². The van der Waals surface area contributed by atoms with E-state index in [4.69, 9.17) is 0 Å². The second kappa shape index (κ2) is 4.48. The van der Waals surface area contributed by atoms with Crippen molar-refractivity contribution in [3.63, 3.8) is 0 Å². The first-order valence-corrected chi connectivity index (χ1v) is 5.64. The Morgan fingerprint density at radius 3 is 2.75 bits per heavy atom. The number of fused-ring (bicyclic) bond motifs is 3. The molecule has 16 heavy (non-hydrogen) atoms. The molecule has 1 aliphatic heterocycles. The molecule has 3 heteroatoms. The fourth-order valence-corrected chi connectivity index (χ4v) is 2.67. The minimum absolute atomic E-state index is 0. The van der Waals surface area contributed by atoms with E-state index in [-0.39, 0.29) is 12.4 Å². The highest BCUT2D eigenvalue weighted by atomic mass is 35.5. The maximum absolute atomic E-state index is 3.46. The molecule has 1 aromatic carbocycles. The first-order chi connectivity index (χ1) is 7.38. The molecular formula is C13H16ClN2-. The van der Waals surface area contributed by atoms with Crippen LogP contribution in [0.4, 0.5) is 0 Å². The monoisotopic (exact) mass is 235 g/mol. The Kier molecular flexibility index (Phi) is 3.22. The van der Waals surface area contributed by atoms with Crippen LogP contribution in [0.1, 0.15) is 11.3 Å². The minimum atomic E-state index is 0. The summed E-state index contributed by atoms with van der Waals surface area (Å²) < 4.78 is 2.36. The number of hydrogen-bond acceptors (Lipinski definition) is 1. The average molecular weight is 236 g/mol. The van der Waals surface area contributed by atoms with E-state index in [0.29, 0.717) is 0 Å². The largest absolute Gasteiger partial charge is 1.00 e. The third-order valence-electron chi connectivity index (χ3n) is 3.43. The number of aromatic nitrogens is 1. The van der Waals surface area contributed by atoms with Crippen molar-refractivity contribution in [3.8, 4) is 0 Å². The predicted molar refractivity (Wildman–Crippen MR) is 63.2 cm³/mol. The summed E-state index contributed by atoms with van der Waals surface area (Å²) in [4.78, 5) is 0. The van der Waals surface area contributed by atoms with Crippen LogP contribution in [-0.4, -0.2) is 17.7 Å². The van der Waals surface area contributed by atoms with Gasteiger partial charge in [0, 0.05) is 36.6 Å². The Morgan fingerprint density at radius 1 is 1.12 bits per heavy atom. The topological polar surface area (TPSA) is 17.0 Å². The fourth-order valence-electron chi connectivity index (χ4n) is 2.67. The molecular weight excluding hydrogens is 220 g/mol. The van der Waals surface area contributed by atoms with Crippen molar-refractivity contribution in [2.75, 3.05) is 13.1 Å². The van der Waals surface area contributed by atoms with Gasteiger partial charge in [-0.05, 0) is 24.6 Å². The van der Waals surface area contributed by atoms with E-state index in [1.807, 2.05) is 0 Å². The molecule has 0 fully saturated rings. The van der Waals surface area contributed by atoms with E-state index < -0.39 is 0 Å². The predicted octanol–water partition coefficient (Wildman–Crippen LogP) is -1.13. The third-order valence-corrected chi connectivity index (χ3v) is 3.43. The minimum Gasteiger partial charge on any atom is -1.00 e. The zero-order chi connectivity index (χ0) is 10.3. The first-order valence-electron chi connectivity index (χ1n) is 5.64. The second-order valence-corrected chi connectivity index (χ2v) is 4.25. The average Bonchev–Trinajstić information content (AvgIpc) is 2.48. The van der Waals surface area contributed by atoms with Gasteiger partial charge in [-0.25, -0.2) is 0 Å². The van der Waals surface area contributed by atoms with E-state index in [1.54, 1.807) is 5.56 Å². The third kappa shape index (κ3) is 1.62. The molecule has 0 saturated heterocycles. The number of nitrogens with zero attached hydrogens (tertiary/aromatic N) is 1. The standard InChI is InChI=1S/C13H16N2.ClH/c1-15-12-5-3-2-4-10(12)11-6-8-14-9-7-13(11)15;/h2-5,14H,6-9H2,1H3;1H/p-1. The van der Waals surface area contributed by atoms with Crippen LogP contribution in [-0.2, 0) is 19.9 Å². The normalized spacial score (nSPS) is 15.3. The molecule has 2 nitrogen and oxygen atoms in total. The lowest BCUT2D eigenvalue weighted by Crippen LogP contribution is -3.00. The van der Waals surface area contributed by atoms with Gasteiger partial charge in [-0.1, -0.05) is 18.2 Å². The molecule has 0 amide bonds. The molecule has 0 spiro atoms. The van der Waals surface area contributed by atoms with Crippen LogP contribution >= 0.6 is 0 Å². The fraction of sp³-hybridized carbons (Fsp3) is 0.385. The molecule has 3 rings (SSSR count). The van der Waals surface area contributed by atoms with Crippen molar-refractivity contribution >= 4 is 10.9 Å². The summed E-state index contributed by atoms with van der Waals surface area (Å²) >= 11 is 0. The summed E-state index contributed by atoms with van der Waals surface area (Å²) in [7, 11) is 2.19. The molecule has 1 N–H and O–H groups in total. The summed E-state index contributed by atoms with van der Waals surface area (Å²) in [5.41, 5.74) is 4.45. The molecule has 0 bridgehead atoms. The van der Waals surface area contributed by atoms with Crippen molar-refractivity contribution in [1.82, 2.24) is 9.88 Å². The van der Waals surface area contributed by atoms with Gasteiger partial charge in [0.25, 0.3) is 0 Å². The smallest absolute Gasteiger partial charge is 0.0482 e. The Hall–Kier alpha value is -0.990. The zero-order valence-corrected chi connectivity index (χ0v) is 10.2. The van der Waals surface area contributed by atoms with E-state index in [9.17, 15) is 0 Å². The summed E-state index contributed by atoms with van der Waals surface area (Å²) in [5.74, 6) is 0. The lowest BCUT2D eigenvalue weighted by Gasteiger charge is -2.02. The lowest BCUT2D eigenvalue weighted by molar-refractivity contribution is -0.00000308. The maximum Gasteiger partial charge on any atom is 0.0482 e. The molecule has 2 aromatic rings. The summed E-state index contributed by atoms with van der Waals surface area (Å²) in [5, 5.41) is 4.90. The number of nitrogens with one attached hydrogen (secondary N) is 1. The van der Waals surface area contributed by atoms with Crippen LogP contribution < -0.4 is 17.7 Å². The Bertz CT molecular complexity index is 502. The molecule has 0 atom stereocenters. The van der Waals surface area contributed by atoms with Crippen molar-refractivity contribution in [3.05, 3.63) is 35.5 Å². The number of para-hydroxylation sites is 1. The second-order valence-electron chi connectivity index (χ2n) is 4.25. The van der Waals surface area contributed by atoms with E-state index >= 15 is 0 Å². The van der Waals surface area contributed by atoms with Gasteiger partial charge >= 0.3 is 0 Å². The van der Waals surface area contributed by atoms with E-state index in [0.717, 1.165) is 25.9 Å². The number of benzene rings is 1. The number of rotatable bonds is 0. The summed E-state index contributed by atoms with van der Waals surface area (Å²) in [6, 6.07) is 8.73. The summed E-state index contributed by atoms with van der Waals surface area (Å²) in [6.45, 7) is 2.22. The van der Waals surface area contributed by atoms with Crippen molar-refractivity contribution < 1.29 is 12.4 Å². The molecule has 0 unspecified atom stereocenters. The molecule has 0 aliphatic carbocycles.